The van der Waals surface area contributed by atoms with E-state index in [0.717, 1.165) is 50.5 Å². The molecule has 1 aliphatic heterocycles. The van der Waals surface area contributed by atoms with E-state index in [4.69, 9.17) is 4.74 Å². The summed E-state index contributed by atoms with van der Waals surface area (Å²) in [6.45, 7) is 9.56. The summed E-state index contributed by atoms with van der Waals surface area (Å²) >= 11 is 0. The van der Waals surface area contributed by atoms with Gasteiger partial charge in [-0.15, -0.1) is 0 Å². The third-order valence-electron chi connectivity index (χ3n) is 4.00. The molecule has 1 aromatic carbocycles. The molecule has 0 spiro atoms. The number of benzene rings is 1. The summed E-state index contributed by atoms with van der Waals surface area (Å²) in [5, 5.41) is 3.30. The fourth-order valence-electron chi connectivity index (χ4n) is 2.71. The van der Waals surface area contributed by atoms with Crippen LogP contribution in [0.1, 0.15) is 12.5 Å². The van der Waals surface area contributed by atoms with Crippen LogP contribution in [0.15, 0.2) is 18.2 Å². The van der Waals surface area contributed by atoms with E-state index in [1.54, 1.807) is 19.2 Å². The second-order valence-corrected chi connectivity index (χ2v) is 5.36. The zero-order chi connectivity index (χ0) is 15.1. The summed E-state index contributed by atoms with van der Waals surface area (Å²) in [6.07, 6.45) is 0. The maximum Gasteiger partial charge on any atom is 0.123 e. The molecule has 0 amide bonds. The molecule has 5 heteroatoms. The van der Waals surface area contributed by atoms with E-state index in [-0.39, 0.29) is 5.82 Å². The molecule has 0 saturated carbocycles. The fourth-order valence-corrected chi connectivity index (χ4v) is 2.71. The molecule has 1 fully saturated rings. The lowest BCUT2D eigenvalue weighted by Gasteiger charge is -2.36. The molecule has 118 valence electrons. The van der Waals surface area contributed by atoms with Gasteiger partial charge in [0.2, 0.25) is 0 Å². The van der Waals surface area contributed by atoms with Crippen LogP contribution in [0.3, 0.4) is 0 Å². The highest BCUT2D eigenvalue weighted by molar-refractivity contribution is 5.54. The zero-order valence-corrected chi connectivity index (χ0v) is 13.1. The third-order valence-corrected chi connectivity index (χ3v) is 4.00. The Bertz CT molecular complexity index is 434. The molecular weight excluding hydrogens is 269 g/mol. The van der Waals surface area contributed by atoms with Crippen molar-refractivity contribution in [2.75, 3.05) is 57.9 Å². The first-order chi connectivity index (χ1) is 10.2. The quantitative estimate of drug-likeness (QED) is 0.775. The van der Waals surface area contributed by atoms with Crippen LogP contribution in [0.25, 0.3) is 0 Å². The second kappa shape index (κ2) is 8.32. The Kier molecular flexibility index (Phi) is 6.42. The number of hydrogen-bond acceptors (Lipinski definition) is 4. The Balaban J connectivity index is 2.01. The summed E-state index contributed by atoms with van der Waals surface area (Å²) in [5.74, 6) is -0.172. The minimum Gasteiger partial charge on any atom is -0.383 e. The minimum atomic E-state index is -0.172. The van der Waals surface area contributed by atoms with Gasteiger partial charge in [0.05, 0.1) is 6.61 Å². The Morgan fingerprint density at radius 3 is 2.67 bits per heavy atom. The van der Waals surface area contributed by atoms with Crippen molar-refractivity contribution >= 4 is 5.69 Å². The van der Waals surface area contributed by atoms with E-state index < -0.39 is 0 Å². The molecule has 2 rings (SSSR count). The van der Waals surface area contributed by atoms with Crippen molar-refractivity contribution in [3.8, 4) is 0 Å². The number of rotatable bonds is 7. The highest BCUT2D eigenvalue weighted by Gasteiger charge is 2.18. The van der Waals surface area contributed by atoms with Gasteiger partial charge in [0.15, 0.2) is 0 Å². The van der Waals surface area contributed by atoms with Crippen LogP contribution >= 0.6 is 0 Å². The number of hydrogen-bond donors (Lipinski definition) is 1. The Hall–Kier alpha value is -1.17. The van der Waals surface area contributed by atoms with Crippen molar-refractivity contribution in [2.45, 2.75) is 13.5 Å². The van der Waals surface area contributed by atoms with Gasteiger partial charge in [0.1, 0.15) is 5.82 Å². The van der Waals surface area contributed by atoms with Gasteiger partial charge in [-0.25, -0.2) is 4.39 Å². The predicted molar refractivity (Wildman–Crippen MR) is 84.3 cm³/mol. The number of ether oxygens (including phenoxy) is 1. The number of piperazine rings is 1. The minimum absolute atomic E-state index is 0.172. The summed E-state index contributed by atoms with van der Waals surface area (Å²) < 4.78 is 18.5. The van der Waals surface area contributed by atoms with Crippen molar-refractivity contribution < 1.29 is 9.13 Å². The molecule has 0 aromatic heterocycles. The summed E-state index contributed by atoms with van der Waals surface area (Å²) in [4.78, 5) is 4.80. The SMILES string of the molecule is CCN1CCN(c2ccc(F)cc2CNCCOC)CC1. The van der Waals surface area contributed by atoms with Crippen LogP contribution in [0.2, 0.25) is 0 Å². The number of likely N-dealkylation sites (N-methyl/N-ethyl adjacent to an activating group) is 1. The number of nitrogens with zero attached hydrogens (tertiary/aromatic N) is 2. The lowest BCUT2D eigenvalue weighted by atomic mass is 10.1. The van der Waals surface area contributed by atoms with E-state index >= 15 is 0 Å². The molecule has 1 aromatic rings. The van der Waals surface area contributed by atoms with E-state index in [1.165, 1.54) is 0 Å². The van der Waals surface area contributed by atoms with Crippen molar-refractivity contribution in [1.82, 2.24) is 10.2 Å². The summed E-state index contributed by atoms with van der Waals surface area (Å²) in [6, 6.07) is 5.10. The summed E-state index contributed by atoms with van der Waals surface area (Å²) in [5.41, 5.74) is 2.17. The largest absolute Gasteiger partial charge is 0.383 e. The molecule has 1 heterocycles. The molecule has 0 radical (unpaired) electrons. The molecule has 4 nitrogen and oxygen atoms in total. The van der Waals surface area contributed by atoms with E-state index in [2.05, 4.69) is 22.0 Å². The Morgan fingerprint density at radius 2 is 2.00 bits per heavy atom. The van der Waals surface area contributed by atoms with Gasteiger partial charge < -0.3 is 19.9 Å². The van der Waals surface area contributed by atoms with E-state index in [9.17, 15) is 4.39 Å². The van der Waals surface area contributed by atoms with Crippen molar-refractivity contribution in [3.63, 3.8) is 0 Å². The van der Waals surface area contributed by atoms with Crippen LogP contribution in [-0.2, 0) is 11.3 Å². The molecule has 1 N–H and O–H groups in total. The van der Waals surface area contributed by atoms with Crippen LogP contribution in [0.4, 0.5) is 10.1 Å². The average Bonchev–Trinajstić information content (AvgIpc) is 2.52. The lowest BCUT2D eigenvalue weighted by molar-refractivity contribution is 0.199. The molecule has 0 bridgehead atoms. The van der Waals surface area contributed by atoms with Crippen molar-refractivity contribution in [2.24, 2.45) is 0 Å². The smallest absolute Gasteiger partial charge is 0.123 e. The topological polar surface area (TPSA) is 27.7 Å². The van der Waals surface area contributed by atoms with Crippen LogP contribution < -0.4 is 10.2 Å². The molecular formula is C16H26FN3O. The molecule has 21 heavy (non-hydrogen) atoms. The highest BCUT2D eigenvalue weighted by atomic mass is 19.1. The molecule has 1 aliphatic rings. The highest BCUT2D eigenvalue weighted by Crippen LogP contribution is 2.23. The summed E-state index contributed by atoms with van der Waals surface area (Å²) in [7, 11) is 1.68. The third kappa shape index (κ3) is 4.66. The number of anilines is 1. The maximum absolute atomic E-state index is 13.5. The van der Waals surface area contributed by atoms with Gasteiger partial charge in [0.25, 0.3) is 0 Å². The normalized spacial score (nSPS) is 16.4. The van der Waals surface area contributed by atoms with Crippen molar-refractivity contribution in [1.29, 1.82) is 0 Å². The molecule has 0 aliphatic carbocycles. The Labute approximate surface area is 126 Å². The standard InChI is InChI=1S/C16H26FN3O/c1-3-19-7-9-20(10-8-19)16-5-4-15(17)12-14(16)13-18-6-11-21-2/h4-5,12,18H,3,6-11,13H2,1-2H3. The van der Waals surface area contributed by atoms with Gasteiger partial charge >= 0.3 is 0 Å². The fraction of sp³-hybridized carbons (Fsp3) is 0.625. The first kappa shape index (κ1) is 16.2. The van der Waals surface area contributed by atoms with Gasteiger partial charge in [-0.1, -0.05) is 6.92 Å². The van der Waals surface area contributed by atoms with Crippen LogP contribution in [-0.4, -0.2) is 57.9 Å². The van der Waals surface area contributed by atoms with Gasteiger partial charge in [-0.05, 0) is 30.3 Å². The molecule has 0 atom stereocenters. The number of nitrogens with one attached hydrogen (secondary N) is 1. The van der Waals surface area contributed by atoms with Crippen molar-refractivity contribution in [3.05, 3.63) is 29.6 Å². The predicted octanol–water partition coefficient (Wildman–Crippen LogP) is 1.70. The van der Waals surface area contributed by atoms with Crippen LogP contribution in [0.5, 0.6) is 0 Å². The van der Waals surface area contributed by atoms with Gasteiger partial charge in [0, 0.05) is 52.1 Å². The first-order valence-electron chi connectivity index (χ1n) is 7.70. The maximum atomic E-state index is 13.5. The Morgan fingerprint density at radius 1 is 1.24 bits per heavy atom. The molecule has 1 saturated heterocycles. The van der Waals surface area contributed by atoms with Gasteiger partial charge in [-0.3, -0.25) is 0 Å². The van der Waals surface area contributed by atoms with E-state index in [0.29, 0.717) is 13.2 Å². The molecule has 0 unspecified atom stereocenters. The van der Waals surface area contributed by atoms with Crippen LogP contribution in [0, 0.1) is 5.82 Å². The lowest BCUT2D eigenvalue weighted by Crippen LogP contribution is -2.46. The second-order valence-electron chi connectivity index (χ2n) is 5.36. The number of halogens is 1. The number of methoxy groups -OCH3 is 1. The van der Waals surface area contributed by atoms with Gasteiger partial charge in [-0.2, -0.15) is 0 Å². The first-order valence-corrected chi connectivity index (χ1v) is 7.70. The monoisotopic (exact) mass is 295 g/mol. The zero-order valence-electron chi connectivity index (χ0n) is 13.1. The average molecular weight is 295 g/mol. The van der Waals surface area contributed by atoms with E-state index in [1.807, 2.05) is 6.07 Å².